The minimum absolute atomic E-state index is 0.445. The molecule has 0 aliphatic heterocycles. The van der Waals surface area contributed by atoms with Crippen LogP contribution in [0.1, 0.15) is 53.4 Å². The van der Waals surface area contributed by atoms with Crippen LogP contribution in [0.3, 0.4) is 0 Å². The summed E-state index contributed by atoms with van der Waals surface area (Å²) in [5, 5.41) is 1.15. The lowest BCUT2D eigenvalue weighted by Gasteiger charge is -2.24. The Hall–Kier alpha value is -0.770. The lowest BCUT2D eigenvalue weighted by Crippen LogP contribution is -2.41. The maximum atomic E-state index is 11.4. The highest BCUT2D eigenvalue weighted by molar-refractivity contribution is 5.67. The van der Waals surface area contributed by atoms with Crippen molar-refractivity contribution in [2.75, 3.05) is 6.54 Å². The smallest absolute Gasteiger partial charge is 0.424 e. The Morgan fingerprint density at radius 2 is 1.87 bits per heavy atom. The molecule has 0 saturated carbocycles. The Kier molecular flexibility index (Phi) is 6.32. The molecule has 0 rings (SSSR count). The number of hydrogen-bond acceptors (Lipinski definition) is 3. The van der Waals surface area contributed by atoms with E-state index in [9.17, 15) is 4.79 Å². The van der Waals surface area contributed by atoms with Crippen molar-refractivity contribution in [3.05, 3.63) is 0 Å². The van der Waals surface area contributed by atoms with Crippen LogP contribution in [0.15, 0.2) is 0 Å². The first-order valence-corrected chi connectivity index (χ1v) is 5.62. The van der Waals surface area contributed by atoms with Crippen molar-refractivity contribution in [1.82, 2.24) is 5.01 Å². The fourth-order valence-electron chi connectivity index (χ4n) is 1.12. The molecular formula is C11H24N2O2. The Balaban J connectivity index is 3.70. The van der Waals surface area contributed by atoms with E-state index < -0.39 is 11.7 Å². The highest BCUT2D eigenvalue weighted by Gasteiger charge is 2.19. The van der Waals surface area contributed by atoms with E-state index >= 15 is 0 Å². The first-order valence-electron chi connectivity index (χ1n) is 5.62. The summed E-state index contributed by atoms with van der Waals surface area (Å²) in [6.07, 6.45) is 3.95. The van der Waals surface area contributed by atoms with Crippen molar-refractivity contribution in [2.24, 2.45) is 5.84 Å². The molecule has 0 spiro atoms. The van der Waals surface area contributed by atoms with Gasteiger partial charge in [0.15, 0.2) is 0 Å². The number of hydrazine groups is 1. The van der Waals surface area contributed by atoms with Crippen LogP contribution < -0.4 is 5.84 Å². The Morgan fingerprint density at radius 3 is 2.33 bits per heavy atom. The van der Waals surface area contributed by atoms with Crippen molar-refractivity contribution in [3.8, 4) is 0 Å². The maximum Gasteiger partial charge on any atom is 0.424 e. The summed E-state index contributed by atoms with van der Waals surface area (Å²) in [6, 6.07) is 0. The summed E-state index contributed by atoms with van der Waals surface area (Å²) in [5.74, 6) is 5.57. The van der Waals surface area contributed by atoms with E-state index in [2.05, 4.69) is 6.92 Å². The minimum atomic E-state index is -0.474. The van der Waals surface area contributed by atoms with E-state index in [-0.39, 0.29) is 0 Å². The normalized spacial score (nSPS) is 11.3. The Labute approximate surface area is 92.7 Å². The highest BCUT2D eigenvalue weighted by atomic mass is 16.6. The van der Waals surface area contributed by atoms with Gasteiger partial charge < -0.3 is 4.74 Å². The number of nitrogens with two attached hydrogens (primary N) is 1. The van der Waals surface area contributed by atoms with Crippen molar-refractivity contribution in [1.29, 1.82) is 0 Å². The molecule has 0 radical (unpaired) electrons. The summed E-state index contributed by atoms with van der Waals surface area (Å²) in [4.78, 5) is 11.4. The van der Waals surface area contributed by atoms with Crippen LogP contribution in [0.2, 0.25) is 0 Å². The van der Waals surface area contributed by atoms with Crippen molar-refractivity contribution >= 4 is 6.09 Å². The molecule has 0 aliphatic rings. The molecule has 90 valence electrons. The second kappa shape index (κ2) is 6.67. The third-order valence-electron chi connectivity index (χ3n) is 1.88. The molecule has 15 heavy (non-hydrogen) atoms. The number of hydrogen-bond donors (Lipinski definition) is 1. The molecule has 0 heterocycles. The monoisotopic (exact) mass is 216 g/mol. The molecule has 0 aliphatic carbocycles. The topological polar surface area (TPSA) is 55.6 Å². The number of ether oxygens (including phenoxy) is 1. The average molecular weight is 216 g/mol. The van der Waals surface area contributed by atoms with Gasteiger partial charge in [0.2, 0.25) is 0 Å². The van der Waals surface area contributed by atoms with Crippen LogP contribution in [-0.2, 0) is 4.74 Å². The number of amides is 1. The zero-order valence-corrected chi connectivity index (χ0v) is 10.4. The SMILES string of the molecule is CCCCCCN(N)C(=O)OC(C)(C)C. The number of nitrogens with zero attached hydrogens (tertiary/aromatic N) is 1. The van der Waals surface area contributed by atoms with Gasteiger partial charge in [0.1, 0.15) is 5.60 Å². The van der Waals surface area contributed by atoms with Gasteiger partial charge in [-0.2, -0.15) is 0 Å². The molecular weight excluding hydrogens is 192 g/mol. The van der Waals surface area contributed by atoms with Crippen LogP contribution in [-0.4, -0.2) is 23.2 Å². The molecule has 0 unspecified atom stereocenters. The predicted octanol–water partition coefficient (Wildman–Crippen LogP) is 2.68. The van der Waals surface area contributed by atoms with Crippen molar-refractivity contribution in [3.63, 3.8) is 0 Å². The summed E-state index contributed by atoms with van der Waals surface area (Å²) < 4.78 is 5.12. The van der Waals surface area contributed by atoms with E-state index in [1.807, 2.05) is 20.8 Å². The summed E-state index contributed by atoms with van der Waals surface area (Å²) in [5.41, 5.74) is -0.474. The van der Waals surface area contributed by atoms with Crippen molar-refractivity contribution < 1.29 is 9.53 Å². The molecule has 4 nitrogen and oxygen atoms in total. The summed E-state index contributed by atoms with van der Waals surface area (Å²) in [7, 11) is 0. The third-order valence-corrected chi connectivity index (χ3v) is 1.88. The van der Waals surface area contributed by atoms with E-state index in [4.69, 9.17) is 10.6 Å². The second-order valence-electron chi connectivity index (χ2n) is 4.73. The second-order valence-corrected chi connectivity index (χ2v) is 4.73. The van der Waals surface area contributed by atoms with Crippen LogP contribution in [0.4, 0.5) is 4.79 Å². The van der Waals surface area contributed by atoms with Gasteiger partial charge in [-0.05, 0) is 27.2 Å². The van der Waals surface area contributed by atoms with E-state index in [0.29, 0.717) is 6.54 Å². The van der Waals surface area contributed by atoms with E-state index in [1.165, 1.54) is 12.8 Å². The van der Waals surface area contributed by atoms with Gasteiger partial charge in [0.05, 0.1) is 0 Å². The van der Waals surface area contributed by atoms with Gasteiger partial charge >= 0.3 is 6.09 Å². The molecule has 0 saturated heterocycles. The molecule has 4 heteroatoms. The third kappa shape index (κ3) is 8.24. The Bertz CT molecular complexity index is 188. The lowest BCUT2D eigenvalue weighted by molar-refractivity contribution is 0.0245. The molecule has 0 aromatic rings. The lowest BCUT2D eigenvalue weighted by atomic mass is 10.2. The number of carbonyl (C=O) groups is 1. The summed E-state index contributed by atoms with van der Waals surface area (Å²) >= 11 is 0. The van der Waals surface area contributed by atoms with E-state index in [0.717, 1.165) is 17.9 Å². The highest BCUT2D eigenvalue weighted by Crippen LogP contribution is 2.09. The predicted molar refractivity (Wildman–Crippen MR) is 61.3 cm³/mol. The van der Waals surface area contributed by atoms with Crippen molar-refractivity contribution in [2.45, 2.75) is 59.0 Å². The fourth-order valence-corrected chi connectivity index (χ4v) is 1.12. The molecule has 1 amide bonds. The van der Waals surface area contributed by atoms with Crippen LogP contribution in [0.5, 0.6) is 0 Å². The summed E-state index contributed by atoms with van der Waals surface area (Å²) in [6.45, 7) is 8.20. The van der Waals surface area contributed by atoms with Gasteiger partial charge in [-0.3, -0.25) is 0 Å². The molecule has 0 fully saturated rings. The number of unbranched alkanes of at least 4 members (excludes halogenated alkanes) is 3. The van der Waals surface area contributed by atoms with E-state index in [1.54, 1.807) is 0 Å². The number of carbonyl (C=O) groups excluding carboxylic acids is 1. The molecule has 0 bridgehead atoms. The van der Waals surface area contributed by atoms with Gasteiger partial charge in [0.25, 0.3) is 0 Å². The average Bonchev–Trinajstić information content (AvgIpc) is 2.09. The standard InChI is InChI=1S/C11H24N2O2/c1-5-6-7-8-9-13(12)10(14)15-11(2,3)4/h5-9,12H2,1-4H3. The maximum absolute atomic E-state index is 11.4. The number of rotatable bonds is 5. The minimum Gasteiger partial charge on any atom is -0.443 e. The molecule has 0 atom stereocenters. The zero-order chi connectivity index (χ0) is 11.9. The zero-order valence-electron chi connectivity index (χ0n) is 10.4. The molecule has 2 N–H and O–H groups in total. The van der Waals surface area contributed by atoms with Crippen LogP contribution in [0.25, 0.3) is 0 Å². The van der Waals surface area contributed by atoms with Gasteiger partial charge in [-0.1, -0.05) is 26.2 Å². The fraction of sp³-hybridized carbons (Fsp3) is 0.909. The molecule has 0 aromatic heterocycles. The first kappa shape index (κ1) is 14.2. The quantitative estimate of drug-likeness (QED) is 0.333. The Morgan fingerprint density at radius 1 is 1.27 bits per heavy atom. The first-order chi connectivity index (χ1) is 6.87. The largest absolute Gasteiger partial charge is 0.443 e. The van der Waals surface area contributed by atoms with Crippen LogP contribution >= 0.6 is 0 Å². The van der Waals surface area contributed by atoms with Gasteiger partial charge in [-0.15, -0.1) is 0 Å². The molecule has 0 aromatic carbocycles. The van der Waals surface area contributed by atoms with Crippen LogP contribution in [0, 0.1) is 0 Å². The van der Waals surface area contributed by atoms with Gasteiger partial charge in [0, 0.05) is 6.54 Å². The van der Waals surface area contributed by atoms with Gasteiger partial charge in [-0.25, -0.2) is 15.6 Å².